The molecule has 3 rings (SSSR count). The van der Waals surface area contributed by atoms with Gasteiger partial charge >= 0.3 is 5.88 Å². The molecule has 0 N–H and O–H groups in total. The highest BCUT2D eigenvalue weighted by Crippen LogP contribution is 2.19. The number of benzene rings is 1. The van der Waals surface area contributed by atoms with Crippen molar-refractivity contribution in [3.05, 3.63) is 36.0 Å². The minimum atomic E-state index is -0.374. The van der Waals surface area contributed by atoms with Gasteiger partial charge in [0.1, 0.15) is 5.75 Å². The van der Waals surface area contributed by atoms with E-state index >= 15 is 0 Å². The number of piperidine rings is 1. The molecule has 7 nitrogen and oxygen atoms in total. The summed E-state index contributed by atoms with van der Waals surface area (Å²) in [6, 6.07) is 7.53. The van der Waals surface area contributed by atoms with Gasteiger partial charge in [-0.05, 0) is 56.7 Å². The van der Waals surface area contributed by atoms with E-state index in [0.29, 0.717) is 23.4 Å². The molecule has 1 aliphatic heterocycles. The van der Waals surface area contributed by atoms with Gasteiger partial charge in [0.15, 0.2) is 0 Å². The summed E-state index contributed by atoms with van der Waals surface area (Å²) in [5, 5.41) is 18.4. The van der Waals surface area contributed by atoms with Crippen LogP contribution in [0, 0.1) is 0 Å². The zero-order valence-corrected chi connectivity index (χ0v) is 14.2. The monoisotopic (exact) mass is 330 g/mol. The number of nitrogens with zero attached hydrogens (tertiary/aromatic N) is 4. The molecular formula is C17H22N4O3. The lowest BCUT2D eigenvalue weighted by molar-refractivity contribution is -0.766. The van der Waals surface area contributed by atoms with Crippen molar-refractivity contribution in [1.29, 1.82) is 0 Å². The molecule has 1 aromatic heterocycles. The molecule has 1 saturated heterocycles. The number of rotatable bonds is 4. The molecule has 1 aromatic carbocycles. The zero-order chi connectivity index (χ0) is 17.1. The van der Waals surface area contributed by atoms with Gasteiger partial charge in [0.25, 0.3) is 6.20 Å². The van der Waals surface area contributed by atoms with Crippen LogP contribution in [-0.2, 0) is 0 Å². The van der Waals surface area contributed by atoms with E-state index in [-0.39, 0.29) is 11.8 Å². The highest BCUT2D eigenvalue weighted by molar-refractivity contribution is 5.92. The SMILES string of the molecule is COc1ccc(/C([O-])=N/c2c[n+](N3C(C)CCCC3C)no2)cc1. The van der Waals surface area contributed by atoms with E-state index in [0.717, 1.165) is 12.8 Å². The summed E-state index contributed by atoms with van der Waals surface area (Å²) in [6.07, 6.45) is 5.09. The fourth-order valence-electron chi connectivity index (χ4n) is 3.10. The highest BCUT2D eigenvalue weighted by atomic mass is 16.5. The van der Waals surface area contributed by atoms with E-state index in [1.54, 1.807) is 42.4 Å². The van der Waals surface area contributed by atoms with Crippen LogP contribution >= 0.6 is 0 Å². The molecule has 0 spiro atoms. The number of aromatic nitrogens is 2. The molecule has 2 atom stereocenters. The molecule has 24 heavy (non-hydrogen) atoms. The molecular weight excluding hydrogens is 308 g/mol. The van der Waals surface area contributed by atoms with Gasteiger partial charge in [0.05, 0.1) is 24.0 Å². The predicted octanol–water partition coefficient (Wildman–Crippen LogP) is 1.31. The number of hydrogen-bond donors (Lipinski definition) is 0. The fourth-order valence-corrected chi connectivity index (χ4v) is 3.10. The normalized spacial score (nSPS) is 21.8. The number of methoxy groups -OCH3 is 1. The van der Waals surface area contributed by atoms with Crippen LogP contribution in [0.25, 0.3) is 0 Å². The third-order valence-electron chi connectivity index (χ3n) is 4.38. The maximum atomic E-state index is 12.2. The van der Waals surface area contributed by atoms with Gasteiger partial charge < -0.3 is 9.84 Å². The van der Waals surface area contributed by atoms with Gasteiger partial charge in [0, 0.05) is 0 Å². The van der Waals surface area contributed by atoms with Gasteiger partial charge in [-0.25, -0.2) is 4.99 Å². The van der Waals surface area contributed by atoms with E-state index in [9.17, 15) is 5.11 Å². The number of aliphatic imine (C=N–C) groups is 1. The molecule has 1 fully saturated rings. The van der Waals surface area contributed by atoms with E-state index in [2.05, 4.69) is 29.1 Å². The first kappa shape index (κ1) is 16.3. The minimum absolute atomic E-state index is 0.195. The summed E-state index contributed by atoms with van der Waals surface area (Å²) in [7, 11) is 1.58. The Balaban J connectivity index is 1.79. The Kier molecular flexibility index (Phi) is 4.69. The topological polar surface area (TPSA) is 77.8 Å². The predicted molar refractivity (Wildman–Crippen MR) is 86.9 cm³/mol. The van der Waals surface area contributed by atoms with Gasteiger partial charge in [-0.2, -0.15) is 0 Å². The molecule has 7 heteroatoms. The minimum Gasteiger partial charge on any atom is -0.858 e. The highest BCUT2D eigenvalue weighted by Gasteiger charge is 2.33. The first-order valence-electron chi connectivity index (χ1n) is 8.16. The van der Waals surface area contributed by atoms with E-state index in [4.69, 9.17) is 9.26 Å². The molecule has 2 aromatic rings. The second-order valence-electron chi connectivity index (χ2n) is 6.12. The summed E-state index contributed by atoms with van der Waals surface area (Å²) in [5.41, 5.74) is 0.471. The Morgan fingerprint density at radius 1 is 1.29 bits per heavy atom. The summed E-state index contributed by atoms with van der Waals surface area (Å²) >= 11 is 0. The van der Waals surface area contributed by atoms with Crippen LogP contribution in [-0.4, -0.2) is 30.4 Å². The Bertz CT molecular complexity index is 701. The summed E-state index contributed by atoms with van der Waals surface area (Å²) < 4.78 is 10.3. The van der Waals surface area contributed by atoms with Crippen LogP contribution < -0.4 is 19.6 Å². The first-order valence-corrected chi connectivity index (χ1v) is 8.16. The average molecular weight is 330 g/mol. The largest absolute Gasteiger partial charge is 0.858 e. The van der Waals surface area contributed by atoms with Gasteiger partial charge in [-0.1, -0.05) is 12.1 Å². The summed E-state index contributed by atoms with van der Waals surface area (Å²) in [5.74, 6) is 0.513. The Hall–Kier alpha value is -2.57. The van der Waals surface area contributed by atoms with Crippen molar-refractivity contribution in [1.82, 2.24) is 5.27 Å². The van der Waals surface area contributed by atoms with Crippen molar-refractivity contribution in [2.24, 2.45) is 4.99 Å². The smallest absolute Gasteiger partial charge is 0.324 e. The lowest BCUT2D eigenvalue weighted by Gasteiger charge is -2.31. The van der Waals surface area contributed by atoms with Crippen molar-refractivity contribution >= 4 is 11.8 Å². The van der Waals surface area contributed by atoms with E-state index in [1.165, 1.54) is 6.42 Å². The number of ether oxygens (including phenoxy) is 1. The molecule has 0 bridgehead atoms. The number of hydrogen-bond acceptors (Lipinski definition) is 6. The second-order valence-corrected chi connectivity index (χ2v) is 6.12. The first-order chi connectivity index (χ1) is 11.6. The molecule has 2 heterocycles. The van der Waals surface area contributed by atoms with Crippen molar-refractivity contribution < 1.29 is 19.2 Å². The van der Waals surface area contributed by atoms with Crippen molar-refractivity contribution in [2.75, 3.05) is 12.1 Å². The van der Waals surface area contributed by atoms with Crippen LogP contribution in [0.3, 0.4) is 0 Å². The van der Waals surface area contributed by atoms with Gasteiger partial charge in [0.2, 0.25) is 5.27 Å². The fraction of sp³-hybridized carbons (Fsp3) is 0.471. The van der Waals surface area contributed by atoms with Crippen LogP contribution in [0.15, 0.2) is 40.0 Å². The average Bonchev–Trinajstić information content (AvgIpc) is 3.03. The van der Waals surface area contributed by atoms with Gasteiger partial charge in [-0.15, -0.1) is 5.01 Å². The Morgan fingerprint density at radius 3 is 2.58 bits per heavy atom. The van der Waals surface area contributed by atoms with E-state index in [1.807, 2.05) is 0 Å². The standard InChI is InChI=1S/C17H22N4O3/c1-12-5-4-6-13(2)21(12)20-11-16(24-19-20)18-17(22)14-7-9-15(23-3)10-8-14/h7-13H,4-6H2,1-3H3. The Morgan fingerprint density at radius 2 is 1.96 bits per heavy atom. The lowest BCUT2D eigenvalue weighted by atomic mass is 10.00. The maximum absolute atomic E-state index is 12.2. The summed E-state index contributed by atoms with van der Waals surface area (Å²) in [6.45, 7) is 4.33. The van der Waals surface area contributed by atoms with E-state index < -0.39 is 0 Å². The lowest BCUT2D eigenvalue weighted by Crippen LogP contribution is -2.67. The zero-order valence-electron chi connectivity index (χ0n) is 14.2. The molecule has 128 valence electrons. The molecule has 1 aliphatic rings. The van der Waals surface area contributed by atoms with Gasteiger partial charge in [-0.3, -0.25) is 4.52 Å². The molecule has 2 unspecified atom stereocenters. The van der Waals surface area contributed by atoms with Crippen LogP contribution in [0.4, 0.5) is 5.88 Å². The Labute approximate surface area is 141 Å². The molecule has 0 saturated carbocycles. The quantitative estimate of drug-likeness (QED) is 0.480. The van der Waals surface area contributed by atoms with Crippen molar-refractivity contribution in [3.63, 3.8) is 0 Å². The molecule has 0 aliphatic carbocycles. The van der Waals surface area contributed by atoms with Crippen molar-refractivity contribution in [3.8, 4) is 5.75 Å². The van der Waals surface area contributed by atoms with Crippen LogP contribution in [0.2, 0.25) is 0 Å². The third kappa shape index (κ3) is 3.34. The maximum Gasteiger partial charge on any atom is 0.324 e. The van der Waals surface area contributed by atoms with Crippen molar-refractivity contribution in [2.45, 2.75) is 45.2 Å². The molecule has 0 radical (unpaired) electrons. The van der Waals surface area contributed by atoms with Crippen LogP contribution in [0.1, 0.15) is 38.7 Å². The second kappa shape index (κ2) is 6.90. The molecule has 0 amide bonds. The van der Waals surface area contributed by atoms with Crippen LogP contribution in [0.5, 0.6) is 5.75 Å². The third-order valence-corrected chi connectivity index (χ3v) is 4.38. The summed E-state index contributed by atoms with van der Waals surface area (Å²) in [4.78, 5) is 5.66.